The SMILES string of the molecule is O=C(COc1ccccc1)Nc1ccc(NC(=O)C2CC2)cc1C(F)(F)F. The van der Waals surface area contributed by atoms with Gasteiger partial charge in [-0.3, -0.25) is 9.59 Å². The zero-order valence-electron chi connectivity index (χ0n) is 14.2. The van der Waals surface area contributed by atoms with Gasteiger partial charge in [-0.15, -0.1) is 0 Å². The van der Waals surface area contributed by atoms with Gasteiger partial charge < -0.3 is 15.4 Å². The van der Waals surface area contributed by atoms with Crippen LogP contribution in [-0.4, -0.2) is 18.4 Å². The number of rotatable bonds is 6. The average Bonchev–Trinajstić information content (AvgIpc) is 3.46. The standard InChI is InChI=1S/C19H17F3N2O3/c20-19(21,22)15-10-13(23-18(26)12-6-7-12)8-9-16(15)24-17(25)11-27-14-4-2-1-3-5-14/h1-5,8-10,12H,6-7,11H2,(H,23,26)(H,24,25). The van der Waals surface area contributed by atoms with Crippen molar-refractivity contribution in [2.45, 2.75) is 19.0 Å². The van der Waals surface area contributed by atoms with Gasteiger partial charge in [-0.05, 0) is 43.2 Å². The molecule has 1 aliphatic carbocycles. The van der Waals surface area contributed by atoms with Crippen LogP contribution in [0.4, 0.5) is 24.5 Å². The third kappa shape index (κ3) is 5.22. The van der Waals surface area contributed by atoms with Crippen molar-refractivity contribution >= 4 is 23.2 Å². The maximum Gasteiger partial charge on any atom is 0.418 e. The Kier molecular flexibility index (Phi) is 5.34. The van der Waals surface area contributed by atoms with Crippen LogP contribution < -0.4 is 15.4 Å². The van der Waals surface area contributed by atoms with E-state index in [2.05, 4.69) is 10.6 Å². The minimum absolute atomic E-state index is 0.0396. The van der Waals surface area contributed by atoms with Crippen LogP contribution in [-0.2, 0) is 15.8 Å². The Hall–Kier alpha value is -3.03. The van der Waals surface area contributed by atoms with Crippen LogP contribution in [0.2, 0.25) is 0 Å². The lowest BCUT2D eigenvalue weighted by Crippen LogP contribution is -2.22. The molecule has 5 nitrogen and oxygen atoms in total. The summed E-state index contributed by atoms with van der Waals surface area (Å²) in [5.74, 6) is -0.717. The summed E-state index contributed by atoms with van der Waals surface area (Å²) in [4.78, 5) is 23.7. The lowest BCUT2D eigenvalue weighted by atomic mass is 10.1. The van der Waals surface area contributed by atoms with E-state index in [1.165, 1.54) is 6.07 Å². The minimum atomic E-state index is -4.69. The summed E-state index contributed by atoms with van der Waals surface area (Å²) in [6.45, 7) is -0.429. The van der Waals surface area contributed by atoms with Crippen molar-refractivity contribution < 1.29 is 27.5 Å². The molecule has 0 spiro atoms. The van der Waals surface area contributed by atoms with E-state index in [1.807, 2.05) is 0 Å². The van der Waals surface area contributed by atoms with Gasteiger partial charge in [0.05, 0.1) is 11.3 Å². The average molecular weight is 378 g/mol. The largest absolute Gasteiger partial charge is 0.484 e. The highest BCUT2D eigenvalue weighted by Gasteiger charge is 2.35. The molecule has 0 saturated heterocycles. The molecule has 0 heterocycles. The summed E-state index contributed by atoms with van der Waals surface area (Å²) in [7, 11) is 0. The molecule has 1 fully saturated rings. The van der Waals surface area contributed by atoms with Crippen LogP contribution in [0.3, 0.4) is 0 Å². The molecule has 2 N–H and O–H groups in total. The molecule has 2 aromatic carbocycles. The van der Waals surface area contributed by atoms with Crippen molar-refractivity contribution in [2.75, 3.05) is 17.2 Å². The molecule has 2 aromatic rings. The maximum atomic E-state index is 13.3. The molecule has 142 valence electrons. The fourth-order valence-corrected chi connectivity index (χ4v) is 2.41. The van der Waals surface area contributed by atoms with Gasteiger partial charge in [-0.1, -0.05) is 18.2 Å². The second-order valence-electron chi connectivity index (χ2n) is 6.17. The molecule has 0 radical (unpaired) electrons. The molecule has 8 heteroatoms. The summed E-state index contributed by atoms with van der Waals surface area (Å²) in [6, 6.07) is 11.7. The number of carbonyl (C=O) groups is 2. The van der Waals surface area contributed by atoms with E-state index in [-0.39, 0.29) is 17.5 Å². The molecule has 0 aromatic heterocycles. The van der Waals surface area contributed by atoms with Gasteiger partial charge in [-0.2, -0.15) is 13.2 Å². The second kappa shape index (κ2) is 7.69. The van der Waals surface area contributed by atoms with Crippen molar-refractivity contribution in [3.05, 3.63) is 54.1 Å². The van der Waals surface area contributed by atoms with Crippen LogP contribution in [0, 0.1) is 5.92 Å². The Morgan fingerprint density at radius 1 is 1.04 bits per heavy atom. The third-order valence-corrected chi connectivity index (χ3v) is 3.93. The number of para-hydroxylation sites is 1. The zero-order valence-corrected chi connectivity index (χ0v) is 14.2. The van der Waals surface area contributed by atoms with Gasteiger partial charge >= 0.3 is 6.18 Å². The van der Waals surface area contributed by atoms with Gasteiger partial charge in [0.25, 0.3) is 5.91 Å². The predicted octanol–water partition coefficient (Wildman–Crippen LogP) is 4.07. The van der Waals surface area contributed by atoms with Crippen LogP contribution >= 0.6 is 0 Å². The van der Waals surface area contributed by atoms with Gasteiger partial charge in [0.1, 0.15) is 5.75 Å². The number of nitrogens with one attached hydrogen (secondary N) is 2. The molecule has 0 atom stereocenters. The molecule has 2 amide bonds. The van der Waals surface area contributed by atoms with Crippen LogP contribution in [0.5, 0.6) is 5.75 Å². The topological polar surface area (TPSA) is 67.4 Å². The zero-order chi connectivity index (χ0) is 19.4. The Labute approximate surface area is 153 Å². The number of benzene rings is 2. The fraction of sp³-hybridized carbons (Fsp3) is 0.263. The first-order chi connectivity index (χ1) is 12.8. The van der Waals surface area contributed by atoms with Gasteiger partial charge in [0.2, 0.25) is 5.91 Å². The predicted molar refractivity (Wildman–Crippen MR) is 93.4 cm³/mol. The van der Waals surface area contributed by atoms with E-state index < -0.39 is 29.9 Å². The first-order valence-corrected chi connectivity index (χ1v) is 8.33. The van der Waals surface area contributed by atoms with Crippen LogP contribution in [0.15, 0.2) is 48.5 Å². The quantitative estimate of drug-likeness (QED) is 0.796. The summed E-state index contributed by atoms with van der Waals surface area (Å²) in [5.41, 5.74) is -1.39. The summed E-state index contributed by atoms with van der Waals surface area (Å²) >= 11 is 0. The fourth-order valence-electron chi connectivity index (χ4n) is 2.41. The van der Waals surface area contributed by atoms with Crippen molar-refractivity contribution in [1.29, 1.82) is 0 Å². The molecule has 0 aliphatic heterocycles. The Morgan fingerprint density at radius 3 is 2.37 bits per heavy atom. The molecule has 1 saturated carbocycles. The minimum Gasteiger partial charge on any atom is -0.484 e. The molecule has 3 rings (SSSR count). The van der Waals surface area contributed by atoms with Crippen molar-refractivity contribution in [3.63, 3.8) is 0 Å². The van der Waals surface area contributed by atoms with E-state index >= 15 is 0 Å². The number of halogens is 3. The summed E-state index contributed by atoms with van der Waals surface area (Å²) in [6.07, 6.45) is -3.20. The number of alkyl halides is 3. The second-order valence-corrected chi connectivity index (χ2v) is 6.17. The molecule has 0 unspecified atom stereocenters. The lowest BCUT2D eigenvalue weighted by Gasteiger charge is -2.16. The first-order valence-electron chi connectivity index (χ1n) is 8.33. The van der Waals surface area contributed by atoms with Crippen molar-refractivity contribution in [1.82, 2.24) is 0 Å². The molecule has 0 bridgehead atoms. The smallest absolute Gasteiger partial charge is 0.418 e. The van der Waals surface area contributed by atoms with E-state index in [0.29, 0.717) is 5.75 Å². The maximum absolute atomic E-state index is 13.3. The van der Waals surface area contributed by atoms with E-state index in [1.54, 1.807) is 30.3 Å². The Morgan fingerprint density at radius 2 is 1.74 bits per heavy atom. The van der Waals surface area contributed by atoms with Crippen molar-refractivity contribution in [3.8, 4) is 5.75 Å². The number of hydrogen-bond acceptors (Lipinski definition) is 3. The molecular formula is C19H17F3N2O3. The van der Waals surface area contributed by atoms with Crippen LogP contribution in [0.1, 0.15) is 18.4 Å². The van der Waals surface area contributed by atoms with Crippen LogP contribution in [0.25, 0.3) is 0 Å². The molecular weight excluding hydrogens is 361 g/mol. The highest BCUT2D eigenvalue weighted by atomic mass is 19.4. The van der Waals surface area contributed by atoms with E-state index in [0.717, 1.165) is 25.0 Å². The number of hydrogen-bond donors (Lipinski definition) is 2. The summed E-state index contributed by atoms with van der Waals surface area (Å²) in [5, 5.41) is 4.67. The number of amides is 2. The highest BCUT2D eigenvalue weighted by Crippen LogP contribution is 2.37. The third-order valence-electron chi connectivity index (χ3n) is 3.93. The Bertz CT molecular complexity index is 834. The number of anilines is 2. The Balaban J connectivity index is 1.69. The van der Waals surface area contributed by atoms with Gasteiger partial charge in [-0.25, -0.2) is 0 Å². The molecule has 1 aliphatic rings. The normalized spacial score (nSPS) is 13.7. The van der Waals surface area contributed by atoms with Gasteiger partial charge in [0, 0.05) is 11.6 Å². The van der Waals surface area contributed by atoms with E-state index in [9.17, 15) is 22.8 Å². The highest BCUT2D eigenvalue weighted by molar-refractivity contribution is 5.96. The number of carbonyl (C=O) groups excluding carboxylic acids is 2. The number of ether oxygens (including phenoxy) is 1. The van der Waals surface area contributed by atoms with Gasteiger partial charge in [0.15, 0.2) is 6.61 Å². The van der Waals surface area contributed by atoms with E-state index in [4.69, 9.17) is 4.74 Å². The molecule has 27 heavy (non-hydrogen) atoms. The van der Waals surface area contributed by atoms with Crippen molar-refractivity contribution in [2.24, 2.45) is 5.92 Å². The first kappa shape index (κ1) is 18.8. The summed E-state index contributed by atoms with van der Waals surface area (Å²) < 4.78 is 45.3. The lowest BCUT2D eigenvalue weighted by molar-refractivity contribution is -0.137. The monoisotopic (exact) mass is 378 g/mol.